The molecule has 0 bridgehead atoms. The van der Waals surface area contributed by atoms with Crippen molar-refractivity contribution in [3.8, 4) is 17.2 Å². The summed E-state index contributed by atoms with van der Waals surface area (Å²) in [6, 6.07) is 8.95. The molecule has 3 N–H and O–H groups in total. The van der Waals surface area contributed by atoms with Gasteiger partial charge in [-0.05, 0) is 47.5 Å². The summed E-state index contributed by atoms with van der Waals surface area (Å²) in [6.07, 6.45) is 2.45. The van der Waals surface area contributed by atoms with Crippen LogP contribution in [0, 0.1) is 0 Å². The van der Waals surface area contributed by atoms with Gasteiger partial charge in [-0.2, -0.15) is 0 Å². The molecule has 0 amide bonds. The Morgan fingerprint density at radius 3 is 1.79 bits per heavy atom. The minimum absolute atomic E-state index is 0.165. The number of nitrogen functional groups attached to an aromatic ring is 1. The van der Waals surface area contributed by atoms with E-state index in [0.717, 1.165) is 10.8 Å². The Kier molecular flexibility index (Phi) is 6.93. The van der Waals surface area contributed by atoms with Crippen molar-refractivity contribution in [3.05, 3.63) is 58.3 Å². The first-order chi connectivity index (χ1) is 13.5. The van der Waals surface area contributed by atoms with Gasteiger partial charge in [0, 0.05) is 10.8 Å². The van der Waals surface area contributed by atoms with Crippen LogP contribution >= 0.6 is 0 Å². The van der Waals surface area contributed by atoms with Crippen molar-refractivity contribution < 1.29 is 31.4 Å². The summed E-state index contributed by atoms with van der Waals surface area (Å²) in [7, 11) is -5.28. The Labute approximate surface area is 169 Å². The fourth-order valence-corrected chi connectivity index (χ4v) is 5.53. The SMILES string of the molecule is COc1ccc(/C=C/S(=O)(=O)CS(=O)(=O)/C=C/c2ccc(OC)c(O)c2)cc1N. The Balaban J connectivity index is 2.13. The van der Waals surface area contributed by atoms with Gasteiger partial charge in [-0.1, -0.05) is 12.1 Å². The van der Waals surface area contributed by atoms with Crippen LogP contribution in [0.2, 0.25) is 0 Å². The van der Waals surface area contributed by atoms with Crippen LogP contribution in [-0.4, -0.2) is 41.2 Å². The van der Waals surface area contributed by atoms with Crippen LogP contribution in [0.5, 0.6) is 17.2 Å². The Morgan fingerprint density at radius 1 is 0.862 bits per heavy atom. The number of phenols is 1. The highest BCUT2D eigenvalue weighted by atomic mass is 32.3. The normalized spacial score (nSPS) is 12.5. The molecule has 0 saturated carbocycles. The molecule has 0 aliphatic heterocycles. The molecule has 0 atom stereocenters. The molecule has 0 radical (unpaired) electrons. The predicted molar refractivity (Wildman–Crippen MR) is 113 cm³/mol. The first kappa shape index (κ1) is 22.3. The fraction of sp³-hybridized carbons (Fsp3) is 0.158. The van der Waals surface area contributed by atoms with Crippen molar-refractivity contribution >= 4 is 37.5 Å². The van der Waals surface area contributed by atoms with E-state index in [1.54, 1.807) is 12.1 Å². The molecule has 2 rings (SSSR count). The van der Waals surface area contributed by atoms with Gasteiger partial charge in [0.25, 0.3) is 0 Å². The number of phenolic OH excluding ortho intramolecular Hbond substituents is 1. The highest BCUT2D eigenvalue weighted by Crippen LogP contribution is 2.27. The lowest BCUT2D eigenvalue weighted by Gasteiger charge is -2.04. The quantitative estimate of drug-likeness (QED) is 0.599. The average molecular weight is 440 g/mol. The first-order valence-corrected chi connectivity index (χ1v) is 11.6. The molecule has 0 aliphatic rings. The second kappa shape index (κ2) is 9.01. The third-order valence-corrected chi connectivity index (χ3v) is 7.45. The van der Waals surface area contributed by atoms with E-state index in [1.807, 2.05) is 0 Å². The lowest BCUT2D eigenvalue weighted by molar-refractivity contribution is 0.373. The summed E-state index contributed by atoms with van der Waals surface area (Å²) in [5, 5.41) is 10.2. The molecule has 0 spiro atoms. The zero-order chi connectivity index (χ0) is 21.7. The van der Waals surface area contributed by atoms with E-state index in [9.17, 15) is 21.9 Å². The third-order valence-electron chi connectivity index (χ3n) is 3.72. The summed E-state index contributed by atoms with van der Waals surface area (Å²) in [5.74, 6) is 0.514. The number of hydrogen-bond donors (Lipinski definition) is 2. The van der Waals surface area contributed by atoms with E-state index in [-0.39, 0.29) is 11.5 Å². The van der Waals surface area contributed by atoms with E-state index in [0.29, 0.717) is 22.6 Å². The average Bonchev–Trinajstić information content (AvgIpc) is 2.64. The second-order valence-electron chi connectivity index (χ2n) is 5.98. The number of hydrogen-bond acceptors (Lipinski definition) is 8. The number of sulfone groups is 2. The molecular formula is C19H21NO7S2. The number of rotatable bonds is 8. The lowest BCUT2D eigenvalue weighted by atomic mass is 10.2. The van der Waals surface area contributed by atoms with Crippen molar-refractivity contribution in [2.75, 3.05) is 25.0 Å². The highest BCUT2D eigenvalue weighted by molar-refractivity contribution is 8.10. The molecule has 29 heavy (non-hydrogen) atoms. The van der Waals surface area contributed by atoms with Crippen molar-refractivity contribution in [2.24, 2.45) is 0 Å². The van der Waals surface area contributed by atoms with Gasteiger partial charge in [0.1, 0.15) is 5.75 Å². The molecule has 0 aliphatic carbocycles. The zero-order valence-corrected chi connectivity index (χ0v) is 17.4. The molecule has 0 aromatic heterocycles. The van der Waals surface area contributed by atoms with Crippen LogP contribution in [-0.2, 0) is 19.7 Å². The van der Waals surface area contributed by atoms with Gasteiger partial charge in [0.15, 0.2) is 36.3 Å². The fourth-order valence-electron chi connectivity index (χ4n) is 2.34. The van der Waals surface area contributed by atoms with Crippen molar-refractivity contribution in [1.82, 2.24) is 0 Å². The Morgan fingerprint density at radius 2 is 1.34 bits per heavy atom. The molecule has 0 fully saturated rings. The molecule has 2 aromatic carbocycles. The molecular weight excluding hydrogens is 418 g/mol. The van der Waals surface area contributed by atoms with Gasteiger partial charge in [0.2, 0.25) is 0 Å². The smallest absolute Gasteiger partial charge is 0.186 e. The summed E-state index contributed by atoms with van der Waals surface area (Å²) in [6.45, 7) is 0. The van der Waals surface area contributed by atoms with Crippen LogP contribution in [0.15, 0.2) is 47.2 Å². The summed E-state index contributed by atoms with van der Waals surface area (Å²) in [4.78, 5) is 0. The van der Waals surface area contributed by atoms with Crippen molar-refractivity contribution in [1.29, 1.82) is 0 Å². The maximum Gasteiger partial charge on any atom is 0.186 e. The highest BCUT2D eigenvalue weighted by Gasteiger charge is 2.17. The van der Waals surface area contributed by atoms with Crippen LogP contribution < -0.4 is 15.2 Å². The van der Waals surface area contributed by atoms with Gasteiger partial charge >= 0.3 is 0 Å². The number of benzene rings is 2. The van der Waals surface area contributed by atoms with Crippen molar-refractivity contribution in [3.63, 3.8) is 0 Å². The molecule has 0 saturated heterocycles. The number of nitrogens with two attached hydrogens (primary N) is 1. The third kappa shape index (κ3) is 6.54. The summed E-state index contributed by atoms with van der Waals surface area (Å²) >= 11 is 0. The van der Waals surface area contributed by atoms with Crippen LogP contribution in [0.25, 0.3) is 12.2 Å². The van der Waals surface area contributed by atoms with Gasteiger partial charge in [0.05, 0.1) is 19.9 Å². The molecule has 10 heteroatoms. The van der Waals surface area contributed by atoms with Gasteiger partial charge in [-0.25, -0.2) is 16.8 Å². The Hall–Kier alpha value is -2.98. The standard InChI is InChI=1S/C19H21NO7S2/c1-26-18-5-3-14(11-16(18)20)7-9-28(22,23)13-29(24,25)10-8-15-4-6-19(27-2)17(21)12-15/h3-12,21H,13,20H2,1-2H3/b9-7+,10-8+. The van der Waals surface area contributed by atoms with E-state index >= 15 is 0 Å². The number of ether oxygens (including phenoxy) is 2. The van der Waals surface area contributed by atoms with E-state index in [1.165, 1.54) is 50.6 Å². The molecule has 8 nitrogen and oxygen atoms in total. The van der Waals surface area contributed by atoms with Gasteiger partial charge < -0.3 is 20.3 Å². The maximum absolute atomic E-state index is 12.2. The van der Waals surface area contributed by atoms with E-state index in [2.05, 4.69) is 0 Å². The van der Waals surface area contributed by atoms with Gasteiger partial charge in [-0.3, -0.25) is 0 Å². The van der Waals surface area contributed by atoms with Crippen LogP contribution in [0.4, 0.5) is 5.69 Å². The van der Waals surface area contributed by atoms with Crippen molar-refractivity contribution in [2.45, 2.75) is 0 Å². The van der Waals surface area contributed by atoms with Crippen LogP contribution in [0.1, 0.15) is 11.1 Å². The number of anilines is 1. The molecule has 0 heterocycles. The van der Waals surface area contributed by atoms with Gasteiger partial charge in [-0.15, -0.1) is 0 Å². The predicted octanol–water partition coefficient (Wildman–Crippen LogP) is 2.42. The molecule has 156 valence electrons. The number of methoxy groups -OCH3 is 2. The maximum atomic E-state index is 12.2. The van der Waals surface area contributed by atoms with Crippen LogP contribution in [0.3, 0.4) is 0 Å². The largest absolute Gasteiger partial charge is 0.504 e. The second-order valence-corrected chi connectivity index (χ2v) is 10.1. The molecule has 2 aromatic rings. The summed E-state index contributed by atoms with van der Waals surface area (Å²) in [5.41, 5.74) is 6.93. The topological polar surface area (TPSA) is 133 Å². The van der Waals surface area contributed by atoms with E-state index in [4.69, 9.17) is 15.2 Å². The lowest BCUT2D eigenvalue weighted by Crippen LogP contribution is -2.11. The first-order valence-electron chi connectivity index (χ1n) is 8.17. The minimum atomic E-state index is -4.07. The number of aromatic hydroxyl groups is 1. The summed E-state index contributed by atoms with van der Waals surface area (Å²) < 4.78 is 58.6. The Bertz CT molecular complexity index is 1060. The monoisotopic (exact) mass is 439 g/mol. The minimum Gasteiger partial charge on any atom is -0.504 e. The molecule has 0 unspecified atom stereocenters. The zero-order valence-electron chi connectivity index (χ0n) is 15.8. The van der Waals surface area contributed by atoms with E-state index < -0.39 is 24.8 Å².